The normalized spacial score (nSPS) is 12.1. The molecule has 0 aliphatic carbocycles. The first-order valence-electron chi connectivity index (χ1n) is 28.2. The summed E-state index contributed by atoms with van der Waals surface area (Å²) in [7, 11) is 0. The van der Waals surface area contributed by atoms with Crippen LogP contribution in [0.15, 0.2) is 279 Å². The van der Waals surface area contributed by atoms with Gasteiger partial charge in [0.2, 0.25) is 17.8 Å². The summed E-state index contributed by atoms with van der Waals surface area (Å²) in [5.41, 5.74) is 17.5. The number of benzene rings is 12. The quantitative estimate of drug-likeness (QED) is 0.160. The SMILES string of the molecule is c1ccc2c(c1)c1ccccc1n2-c1ccc(-c2ccc3c(c2)c2cc(-c4ccc(-n5c6ccccc6c6ccccc65)cc4)ccc2n3-c2nc(-n3c4ccccc4c4ccccc43)nc(-n3c4ccccc4c4ccccc43)n2)cc1. The smallest absolute Gasteiger partial charge is 0.241 e. The van der Waals surface area contributed by atoms with Crippen molar-refractivity contribution in [2.24, 2.45) is 0 Å². The van der Waals surface area contributed by atoms with E-state index in [-0.39, 0.29) is 0 Å². The Bertz CT molecular complexity index is 5130. The minimum atomic E-state index is 0.514. The van der Waals surface area contributed by atoms with Gasteiger partial charge in [-0.3, -0.25) is 13.7 Å². The van der Waals surface area contributed by atoms with Crippen molar-refractivity contribution in [1.82, 2.24) is 37.8 Å². The minimum Gasteiger partial charge on any atom is -0.309 e. The lowest BCUT2D eigenvalue weighted by Gasteiger charge is -2.14. The van der Waals surface area contributed by atoms with Gasteiger partial charge in [0.15, 0.2) is 0 Å². The molecule has 18 rings (SSSR count). The molecule has 0 spiro atoms. The van der Waals surface area contributed by atoms with E-state index in [2.05, 4.69) is 302 Å². The van der Waals surface area contributed by atoms with Crippen LogP contribution < -0.4 is 0 Å². The molecule has 8 heteroatoms. The third-order valence-corrected chi connectivity index (χ3v) is 17.2. The highest BCUT2D eigenvalue weighted by atomic mass is 15.3. The molecule has 0 amide bonds. The van der Waals surface area contributed by atoms with E-state index in [0.29, 0.717) is 17.8 Å². The van der Waals surface area contributed by atoms with Crippen LogP contribution in [0.1, 0.15) is 0 Å². The fraction of sp³-hybridized carbons (Fsp3) is 0. The van der Waals surface area contributed by atoms with Gasteiger partial charge in [-0.2, -0.15) is 15.0 Å². The van der Waals surface area contributed by atoms with E-state index < -0.39 is 0 Å². The van der Waals surface area contributed by atoms with E-state index in [1.807, 2.05) is 0 Å². The van der Waals surface area contributed by atoms with Gasteiger partial charge in [-0.25, -0.2) is 0 Å². The van der Waals surface area contributed by atoms with Crippen molar-refractivity contribution in [1.29, 1.82) is 0 Å². The second-order valence-corrected chi connectivity index (χ2v) is 21.6. The third kappa shape index (κ3) is 6.72. The summed E-state index contributed by atoms with van der Waals surface area (Å²) >= 11 is 0. The van der Waals surface area contributed by atoms with E-state index in [4.69, 9.17) is 15.0 Å². The number of hydrogen-bond acceptors (Lipinski definition) is 3. The molecular weight excluding hydrogens is 1010 g/mol. The zero-order valence-corrected chi connectivity index (χ0v) is 44.6. The van der Waals surface area contributed by atoms with E-state index in [1.165, 1.54) is 43.6 Å². The Balaban J connectivity index is 0.859. The number of aromatic nitrogens is 8. The fourth-order valence-corrected chi connectivity index (χ4v) is 13.5. The first-order valence-corrected chi connectivity index (χ1v) is 28.2. The van der Waals surface area contributed by atoms with Crippen LogP contribution in [0.4, 0.5) is 0 Å². The number of nitrogens with zero attached hydrogens (tertiary/aromatic N) is 8. The molecule has 18 aromatic rings. The Morgan fingerprint density at radius 2 is 0.373 bits per heavy atom. The van der Waals surface area contributed by atoms with Crippen LogP contribution in [-0.2, 0) is 0 Å². The number of hydrogen-bond donors (Lipinski definition) is 0. The van der Waals surface area contributed by atoms with Crippen molar-refractivity contribution in [3.8, 4) is 51.5 Å². The molecule has 8 nitrogen and oxygen atoms in total. The Morgan fingerprint density at radius 3 is 0.627 bits per heavy atom. The van der Waals surface area contributed by atoms with Gasteiger partial charge in [0.05, 0.1) is 55.2 Å². The van der Waals surface area contributed by atoms with E-state index in [9.17, 15) is 0 Å². The molecule has 12 aromatic carbocycles. The Hall–Kier alpha value is -11.4. The Morgan fingerprint density at radius 1 is 0.169 bits per heavy atom. The number of para-hydroxylation sites is 8. The Labute approximate surface area is 474 Å². The average molecular weight is 1060 g/mol. The highest BCUT2D eigenvalue weighted by Gasteiger charge is 2.24. The van der Waals surface area contributed by atoms with Crippen molar-refractivity contribution >= 4 is 109 Å². The van der Waals surface area contributed by atoms with Crippen LogP contribution in [0.2, 0.25) is 0 Å². The molecule has 0 saturated carbocycles. The fourth-order valence-electron chi connectivity index (χ4n) is 13.5. The summed E-state index contributed by atoms with van der Waals surface area (Å²) in [5, 5.41) is 11.7. The summed E-state index contributed by atoms with van der Waals surface area (Å²) in [6, 6.07) is 101. The molecule has 0 N–H and O–H groups in total. The van der Waals surface area contributed by atoms with Gasteiger partial charge in [0.1, 0.15) is 0 Å². The van der Waals surface area contributed by atoms with Gasteiger partial charge in [-0.15, -0.1) is 0 Å². The molecule has 0 saturated heterocycles. The van der Waals surface area contributed by atoms with Crippen LogP contribution in [0.25, 0.3) is 161 Å². The van der Waals surface area contributed by atoms with Crippen LogP contribution in [0, 0.1) is 0 Å². The van der Waals surface area contributed by atoms with Gasteiger partial charge in [-0.05, 0) is 119 Å². The predicted octanol–water partition coefficient (Wildman–Crippen LogP) is 18.7. The molecule has 0 atom stereocenters. The molecule has 83 heavy (non-hydrogen) atoms. The zero-order chi connectivity index (χ0) is 54.3. The zero-order valence-electron chi connectivity index (χ0n) is 44.6. The first-order chi connectivity index (χ1) is 41.2. The summed E-state index contributed by atoms with van der Waals surface area (Å²) in [6.07, 6.45) is 0. The molecule has 0 fully saturated rings. The number of fused-ring (bicyclic) bond motifs is 15. The lowest BCUT2D eigenvalue weighted by Crippen LogP contribution is -2.13. The van der Waals surface area contributed by atoms with E-state index in [0.717, 1.165) is 99.0 Å². The minimum absolute atomic E-state index is 0.514. The predicted molar refractivity (Wildman–Crippen MR) is 342 cm³/mol. The van der Waals surface area contributed by atoms with Gasteiger partial charge < -0.3 is 9.13 Å². The van der Waals surface area contributed by atoms with Gasteiger partial charge in [-0.1, -0.05) is 182 Å². The summed E-state index contributed by atoms with van der Waals surface area (Å²) in [6.45, 7) is 0. The molecule has 0 aliphatic heterocycles. The molecule has 0 unspecified atom stereocenters. The van der Waals surface area contributed by atoms with E-state index in [1.54, 1.807) is 0 Å². The average Bonchev–Trinajstić information content (AvgIpc) is 3.80. The van der Waals surface area contributed by atoms with Gasteiger partial charge in [0.25, 0.3) is 0 Å². The van der Waals surface area contributed by atoms with Crippen LogP contribution in [-0.4, -0.2) is 37.8 Å². The highest BCUT2D eigenvalue weighted by Crippen LogP contribution is 2.41. The maximum atomic E-state index is 5.59. The maximum absolute atomic E-state index is 5.59. The second-order valence-electron chi connectivity index (χ2n) is 21.6. The third-order valence-electron chi connectivity index (χ3n) is 17.2. The van der Waals surface area contributed by atoms with Crippen LogP contribution >= 0.6 is 0 Å². The van der Waals surface area contributed by atoms with E-state index >= 15 is 0 Å². The van der Waals surface area contributed by atoms with Crippen molar-refractivity contribution in [3.63, 3.8) is 0 Å². The lowest BCUT2D eigenvalue weighted by atomic mass is 10.00. The highest BCUT2D eigenvalue weighted by molar-refractivity contribution is 6.14. The Kier molecular flexibility index (Phi) is 9.64. The topological polar surface area (TPSA) is 63.3 Å². The van der Waals surface area contributed by atoms with Crippen LogP contribution in [0.3, 0.4) is 0 Å². The molecular formula is C75H46N8. The van der Waals surface area contributed by atoms with Crippen LogP contribution in [0.5, 0.6) is 0 Å². The van der Waals surface area contributed by atoms with Gasteiger partial charge in [0, 0.05) is 65.2 Å². The summed E-state index contributed by atoms with van der Waals surface area (Å²) in [5.74, 6) is 1.57. The van der Waals surface area contributed by atoms with Gasteiger partial charge >= 0.3 is 0 Å². The standard InChI is InChI=1S/C75H46N8/c1-9-25-63-53(17-1)54-18-2-10-26-64(54)79(63)51-39-33-47(34-40-51)49-37-43-71-61(45-49)62-46-50(48-35-41-52(42-36-48)80-65-27-11-3-19-55(65)56-20-4-12-28-66(56)80)38-44-72(62)83(71)75-77-73(81-67-29-13-5-21-57(67)58-22-6-14-30-68(58)81)76-74(78-75)82-69-31-15-7-23-59(69)60-24-8-16-32-70(60)82/h1-46H. The molecule has 0 radical (unpaired) electrons. The number of rotatable bonds is 7. The molecule has 0 aliphatic rings. The second kappa shape index (κ2) is 17.6. The molecule has 0 bridgehead atoms. The molecule has 386 valence electrons. The van der Waals surface area contributed by atoms with Crippen molar-refractivity contribution < 1.29 is 0 Å². The first kappa shape index (κ1) is 45.5. The molecule has 6 heterocycles. The van der Waals surface area contributed by atoms with Crippen molar-refractivity contribution in [2.75, 3.05) is 0 Å². The largest absolute Gasteiger partial charge is 0.309 e. The van der Waals surface area contributed by atoms with Crippen molar-refractivity contribution in [2.45, 2.75) is 0 Å². The lowest BCUT2D eigenvalue weighted by molar-refractivity contribution is 0.848. The monoisotopic (exact) mass is 1060 g/mol. The summed E-state index contributed by atoms with van der Waals surface area (Å²) in [4.78, 5) is 16.7. The molecule has 6 aromatic heterocycles. The maximum Gasteiger partial charge on any atom is 0.241 e. The summed E-state index contributed by atoms with van der Waals surface area (Å²) < 4.78 is 11.4. The van der Waals surface area contributed by atoms with Crippen molar-refractivity contribution in [3.05, 3.63) is 279 Å².